The Hall–Kier alpha value is 1.34. The van der Waals surface area contributed by atoms with Gasteiger partial charge in [-0.15, -0.1) is 0 Å². The molecule has 0 aliphatic heterocycles. The monoisotopic (exact) mass is 494 g/mol. The van der Waals surface area contributed by atoms with Crippen LogP contribution < -0.4 is 103 Å². The van der Waals surface area contributed by atoms with Crippen molar-refractivity contribution in [3.8, 4) is 0 Å². The second kappa shape index (κ2) is 10.1. The van der Waals surface area contributed by atoms with E-state index < -0.39 is 61.3 Å². The van der Waals surface area contributed by atoms with Crippen molar-refractivity contribution in [1.82, 2.24) is 0 Å². The van der Waals surface area contributed by atoms with Crippen LogP contribution >= 0.6 is 0 Å². The topological polar surface area (TPSA) is 143 Å². The van der Waals surface area contributed by atoms with E-state index in [1.54, 1.807) is 0 Å². The minimum atomic E-state index is -5.07. The number of rotatable bonds is 4. The van der Waals surface area contributed by atoms with E-state index in [9.17, 15) is 34.0 Å². The zero-order valence-corrected chi connectivity index (χ0v) is 22.5. The van der Waals surface area contributed by atoms with Crippen LogP contribution in [-0.4, -0.2) is 34.4 Å². The fourth-order valence-electron chi connectivity index (χ4n) is 1.83. The largest absolute Gasteiger partial charge is 1.00 e. The predicted octanol–water partition coefficient (Wildman–Crippen LogP) is -4.48. The van der Waals surface area contributed by atoms with Gasteiger partial charge in [0.05, 0.1) is 9.79 Å². The maximum atomic E-state index is 13.4. The minimum absolute atomic E-state index is 0. The summed E-state index contributed by atoms with van der Waals surface area (Å²) in [6.07, 6.45) is 0. The molecule has 2 aromatic rings. The van der Waals surface area contributed by atoms with Gasteiger partial charge in [0.25, 0.3) is 20.2 Å². The number of halogens is 2. The van der Waals surface area contributed by atoms with Gasteiger partial charge >= 0.3 is 103 Å². The van der Waals surface area contributed by atoms with Crippen molar-refractivity contribution in [3.63, 3.8) is 0 Å². The summed E-state index contributed by atoms with van der Waals surface area (Å²) in [5.74, 6) is -2.83. The third-order valence-corrected chi connectivity index (χ3v) is 6.47. The van der Waals surface area contributed by atoms with Gasteiger partial charge in [-0.05, 0) is 36.4 Å². The SMILES string of the molecule is O=S(=O)(O)c1cc(S(=O)(=O)c2ccc(F)c(S(=O)(=O)O)c2)ccc1F.[H-].[H-].[K+].[K+]. The fourth-order valence-corrected chi connectivity index (χ4v) is 4.48. The van der Waals surface area contributed by atoms with Gasteiger partial charge in [-0.2, -0.15) is 16.8 Å². The standard InChI is InChI=1S/C12H8F2O8S3.2K.2H/c13-9-3-1-7(5-11(9)24(17,18)19)23(15,16)8-2-4-10(14)12(6-8)25(20,21)22;;;;/h1-6H,(H,17,18,19)(H,20,21,22);;;;/q;2*+1;2*-1. The summed E-state index contributed by atoms with van der Waals surface area (Å²) in [4.78, 5) is -4.25. The Balaban J connectivity index is -0.00000169. The summed E-state index contributed by atoms with van der Waals surface area (Å²) in [5, 5.41) is 0. The van der Waals surface area contributed by atoms with Gasteiger partial charge < -0.3 is 2.85 Å². The van der Waals surface area contributed by atoms with Crippen LogP contribution in [-0.2, 0) is 30.1 Å². The van der Waals surface area contributed by atoms with Crippen molar-refractivity contribution in [3.05, 3.63) is 48.0 Å². The summed E-state index contributed by atoms with van der Waals surface area (Å²) in [7, 11) is -14.8. The van der Waals surface area contributed by atoms with E-state index in [-0.39, 0.29) is 106 Å². The molecule has 2 N–H and O–H groups in total. The Kier molecular flexibility index (Phi) is 10.6. The molecule has 0 aromatic heterocycles. The third-order valence-electron chi connectivity index (χ3n) is 2.98. The fraction of sp³-hybridized carbons (Fsp3) is 0. The molecular formula is C12H10F2K2O8S3. The molecule has 0 spiro atoms. The number of sulfone groups is 1. The smallest absolute Gasteiger partial charge is 1.00 e. The average molecular weight is 495 g/mol. The Labute approximate surface area is 242 Å². The molecule has 0 atom stereocenters. The van der Waals surface area contributed by atoms with E-state index >= 15 is 0 Å². The van der Waals surface area contributed by atoms with Gasteiger partial charge in [-0.1, -0.05) is 0 Å². The second-order valence-corrected chi connectivity index (χ2v) is 9.37. The van der Waals surface area contributed by atoms with Crippen LogP contribution in [0.25, 0.3) is 0 Å². The molecule has 0 heterocycles. The second-order valence-electron chi connectivity index (χ2n) is 4.64. The molecule has 140 valence electrons. The van der Waals surface area contributed by atoms with Crippen LogP contribution in [0.5, 0.6) is 0 Å². The van der Waals surface area contributed by atoms with Crippen molar-refractivity contribution >= 4 is 30.1 Å². The summed E-state index contributed by atoms with van der Waals surface area (Å²) in [5.41, 5.74) is 0. The van der Waals surface area contributed by atoms with Gasteiger partial charge in [0.15, 0.2) is 0 Å². The van der Waals surface area contributed by atoms with Crippen LogP contribution in [0, 0.1) is 11.6 Å². The van der Waals surface area contributed by atoms with Crippen molar-refractivity contribution in [2.45, 2.75) is 19.6 Å². The predicted molar refractivity (Wildman–Crippen MR) is 80.1 cm³/mol. The molecule has 27 heavy (non-hydrogen) atoms. The van der Waals surface area contributed by atoms with E-state index in [1.165, 1.54) is 0 Å². The Morgan fingerprint density at radius 2 is 0.963 bits per heavy atom. The van der Waals surface area contributed by atoms with Gasteiger partial charge in [0, 0.05) is 0 Å². The molecule has 0 radical (unpaired) electrons. The van der Waals surface area contributed by atoms with Crippen molar-refractivity contribution in [2.75, 3.05) is 0 Å². The van der Waals surface area contributed by atoms with Crippen LogP contribution in [0.4, 0.5) is 8.78 Å². The average Bonchev–Trinajstić information content (AvgIpc) is 2.45. The molecule has 2 rings (SSSR count). The first kappa shape index (κ1) is 28.3. The Morgan fingerprint density at radius 3 is 1.22 bits per heavy atom. The molecule has 0 saturated heterocycles. The van der Waals surface area contributed by atoms with Crippen molar-refractivity contribution < 1.29 is 149 Å². The molecule has 0 amide bonds. The molecule has 0 aliphatic rings. The van der Waals surface area contributed by atoms with E-state index in [1.807, 2.05) is 0 Å². The van der Waals surface area contributed by atoms with E-state index in [4.69, 9.17) is 9.11 Å². The van der Waals surface area contributed by atoms with Crippen molar-refractivity contribution in [1.29, 1.82) is 0 Å². The maximum Gasteiger partial charge on any atom is 1.00 e. The van der Waals surface area contributed by atoms with E-state index in [0.29, 0.717) is 36.4 Å². The molecule has 0 unspecified atom stereocenters. The summed E-state index contributed by atoms with van der Waals surface area (Å²) >= 11 is 0. The normalized spacial score (nSPS) is 12.0. The van der Waals surface area contributed by atoms with Gasteiger partial charge in [-0.25, -0.2) is 17.2 Å². The zero-order chi connectivity index (χ0) is 19.2. The van der Waals surface area contributed by atoms with Gasteiger partial charge in [0.2, 0.25) is 9.84 Å². The van der Waals surface area contributed by atoms with Crippen LogP contribution in [0.1, 0.15) is 2.85 Å². The minimum Gasteiger partial charge on any atom is -1.00 e. The maximum absolute atomic E-state index is 13.4. The first-order chi connectivity index (χ1) is 11.2. The first-order valence-electron chi connectivity index (χ1n) is 6.04. The van der Waals surface area contributed by atoms with E-state index in [2.05, 4.69) is 0 Å². The molecule has 2 aromatic carbocycles. The van der Waals surface area contributed by atoms with Gasteiger partial charge in [0.1, 0.15) is 21.4 Å². The Bertz CT molecular complexity index is 1100. The third kappa shape index (κ3) is 6.66. The molecule has 0 aliphatic carbocycles. The molecule has 0 saturated carbocycles. The molecular weight excluding hydrogens is 485 g/mol. The van der Waals surface area contributed by atoms with E-state index in [0.717, 1.165) is 0 Å². The van der Waals surface area contributed by atoms with Crippen LogP contribution in [0.15, 0.2) is 56.0 Å². The summed E-state index contributed by atoms with van der Waals surface area (Å²) in [6.45, 7) is 0. The quantitative estimate of drug-likeness (QED) is 0.246. The zero-order valence-electron chi connectivity index (χ0n) is 15.8. The first-order valence-corrected chi connectivity index (χ1v) is 10.4. The van der Waals surface area contributed by atoms with Gasteiger partial charge in [-0.3, -0.25) is 9.11 Å². The molecule has 0 bridgehead atoms. The molecule has 8 nitrogen and oxygen atoms in total. The van der Waals surface area contributed by atoms with Crippen molar-refractivity contribution in [2.24, 2.45) is 0 Å². The number of hydrogen-bond acceptors (Lipinski definition) is 6. The Morgan fingerprint density at radius 1 is 0.667 bits per heavy atom. The van der Waals surface area contributed by atoms with Crippen LogP contribution in [0.2, 0.25) is 0 Å². The number of hydrogen-bond donors (Lipinski definition) is 2. The number of benzene rings is 2. The summed E-state index contributed by atoms with van der Waals surface area (Å²) in [6, 6.07) is 2.88. The molecule has 0 fully saturated rings. The summed E-state index contributed by atoms with van der Waals surface area (Å²) < 4.78 is 114. The molecule has 15 heteroatoms. The van der Waals surface area contributed by atoms with Crippen LogP contribution in [0.3, 0.4) is 0 Å².